The Labute approximate surface area is 449 Å². The number of rotatable bonds is 54. The van der Waals surface area contributed by atoms with Gasteiger partial charge in [-0.3, -0.25) is 0 Å². The Kier molecular flexibility index (Phi) is 59.0. The Balaban J connectivity index is 0.00000134. The van der Waals surface area contributed by atoms with Crippen LogP contribution in [-0.2, 0) is 94.7 Å². The molecule has 2 aliphatic rings. The molecular weight excluding hydrogens is 1010 g/mol. The highest BCUT2D eigenvalue weighted by atomic mass is 31.2. The Hall–Kier alpha value is -1.45. The van der Waals surface area contributed by atoms with Crippen LogP contribution < -0.4 is 0 Å². The molecule has 0 aromatic carbocycles. The SMILES string of the molecule is C=C(CCCCCCCCCCCCCCCCCC)OOOOOOOOOC1CCCCC1.C=C(CCCCCCCCCCCCCCCCCC)OOOOOOOOOC1CCCCC1.O=P(O)(O)O. The van der Waals surface area contributed by atoms with Crippen LogP contribution in [0.2, 0.25) is 0 Å². The lowest BCUT2D eigenvalue weighted by atomic mass is 9.98. The van der Waals surface area contributed by atoms with Gasteiger partial charge in [-0.15, -0.1) is 0 Å². The highest BCUT2D eigenvalue weighted by Gasteiger charge is 2.16. The van der Waals surface area contributed by atoms with Gasteiger partial charge in [0, 0.05) is 53.1 Å². The van der Waals surface area contributed by atoms with Gasteiger partial charge in [-0.2, -0.15) is 0 Å². The van der Waals surface area contributed by atoms with Crippen molar-refractivity contribution in [1.82, 2.24) is 0 Å². The zero-order chi connectivity index (χ0) is 54.7. The normalized spacial score (nSPS) is 14.3. The summed E-state index contributed by atoms with van der Waals surface area (Å²) in [6.45, 7) is 12.0. The van der Waals surface area contributed by atoms with E-state index < -0.39 is 7.82 Å². The van der Waals surface area contributed by atoms with Crippen molar-refractivity contribution in [3.05, 3.63) is 24.7 Å². The summed E-state index contributed by atoms with van der Waals surface area (Å²) in [5.41, 5.74) is 0. The monoisotopic (exact) mass is 1110 g/mol. The summed E-state index contributed by atoms with van der Waals surface area (Å²) < 4.78 is 8.88. The Morgan fingerprint density at radius 1 is 0.333 bits per heavy atom. The first-order valence-corrected chi connectivity index (χ1v) is 30.4. The van der Waals surface area contributed by atoms with Gasteiger partial charge in [-0.05, 0) is 68.8 Å². The van der Waals surface area contributed by atoms with Crippen LogP contribution in [0.15, 0.2) is 24.7 Å². The predicted octanol–water partition coefficient (Wildman–Crippen LogP) is 17.0. The van der Waals surface area contributed by atoms with Crippen LogP contribution in [0.25, 0.3) is 0 Å². The molecule has 2 rings (SSSR count). The molecule has 0 spiro atoms. The molecule has 75 heavy (non-hydrogen) atoms. The molecule has 0 bridgehead atoms. The molecule has 22 nitrogen and oxygen atoms in total. The second kappa shape index (κ2) is 60.2. The summed E-state index contributed by atoms with van der Waals surface area (Å²) in [6.07, 6.45) is 54.5. The van der Waals surface area contributed by atoms with Crippen LogP contribution in [0.4, 0.5) is 0 Å². The molecule has 2 aliphatic carbocycles. The fourth-order valence-corrected chi connectivity index (χ4v) is 8.53. The molecule has 0 amide bonds. The summed E-state index contributed by atoms with van der Waals surface area (Å²) in [6, 6.07) is 0. The van der Waals surface area contributed by atoms with Crippen molar-refractivity contribution in [2.75, 3.05) is 0 Å². The van der Waals surface area contributed by atoms with E-state index in [1.807, 2.05) is 0 Å². The van der Waals surface area contributed by atoms with Crippen molar-refractivity contribution < 1.29 is 109 Å². The average molecular weight is 1110 g/mol. The van der Waals surface area contributed by atoms with Crippen LogP contribution in [0, 0.1) is 0 Å². The van der Waals surface area contributed by atoms with Gasteiger partial charge >= 0.3 is 7.82 Å². The van der Waals surface area contributed by atoms with E-state index in [2.05, 4.69) is 97.5 Å². The van der Waals surface area contributed by atoms with Crippen molar-refractivity contribution in [1.29, 1.82) is 0 Å². The van der Waals surface area contributed by atoms with Gasteiger partial charge in [0.15, 0.2) is 0 Å². The molecule has 0 unspecified atom stereocenters. The minimum absolute atomic E-state index is 0.0124. The molecule has 0 aromatic rings. The largest absolute Gasteiger partial charge is 0.466 e. The van der Waals surface area contributed by atoms with Gasteiger partial charge in [0.25, 0.3) is 0 Å². The van der Waals surface area contributed by atoms with Gasteiger partial charge in [0.2, 0.25) is 0 Å². The van der Waals surface area contributed by atoms with Crippen LogP contribution in [0.1, 0.15) is 296 Å². The van der Waals surface area contributed by atoms with Crippen LogP contribution in [-0.4, -0.2) is 26.9 Å². The quantitative estimate of drug-likeness (QED) is 0.0168. The lowest BCUT2D eigenvalue weighted by Gasteiger charge is -2.18. The molecule has 23 heteroatoms. The molecule has 0 aromatic heterocycles. The lowest BCUT2D eigenvalue weighted by molar-refractivity contribution is -0.831. The summed E-state index contributed by atoms with van der Waals surface area (Å²) in [4.78, 5) is 41.1. The van der Waals surface area contributed by atoms with E-state index >= 15 is 0 Å². The Bertz CT molecular complexity index is 1120. The van der Waals surface area contributed by atoms with E-state index in [9.17, 15) is 0 Å². The lowest BCUT2D eigenvalue weighted by Crippen LogP contribution is -2.17. The molecule has 0 heterocycles. The van der Waals surface area contributed by atoms with Crippen LogP contribution in [0.5, 0.6) is 0 Å². The maximum Gasteiger partial charge on any atom is 0.466 e. The van der Waals surface area contributed by atoms with Crippen molar-refractivity contribution >= 4 is 7.82 Å². The molecular formula is C52H103O22P. The van der Waals surface area contributed by atoms with Gasteiger partial charge < -0.3 is 24.5 Å². The van der Waals surface area contributed by atoms with E-state index in [-0.39, 0.29) is 12.2 Å². The number of allylic oxidation sites excluding steroid dienone is 2. The smallest absolute Gasteiger partial charge is 0.311 e. The molecule has 3 N–H and O–H groups in total. The molecule has 0 atom stereocenters. The van der Waals surface area contributed by atoms with Gasteiger partial charge in [-0.25, -0.2) is 14.3 Å². The molecule has 0 radical (unpaired) electrons. The topological polar surface area (TPSA) is 244 Å². The molecule has 0 saturated heterocycles. The third kappa shape index (κ3) is 65.0. The maximum absolute atomic E-state index is 8.88. The van der Waals surface area contributed by atoms with Crippen molar-refractivity contribution in [2.45, 2.75) is 309 Å². The van der Waals surface area contributed by atoms with Crippen LogP contribution >= 0.6 is 7.82 Å². The van der Waals surface area contributed by atoms with Crippen molar-refractivity contribution in [3.63, 3.8) is 0 Å². The predicted molar refractivity (Wildman–Crippen MR) is 274 cm³/mol. The third-order valence-electron chi connectivity index (χ3n) is 12.7. The first-order valence-electron chi connectivity index (χ1n) is 28.8. The van der Waals surface area contributed by atoms with Gasteiger partial charge in [0.1, 0.15) is 11.5 Å². The van der Waals surface area contributed by atoms with Crippen LogP contribution in [0.3, 0.4) is 0 Å². The molecule has 2 saturated carbocycles. The zero-order valence-corrected chi connectivity index (χ0v) is 47.1. The first-order chi connectivity index (χ1) is 36.7. The highest BCUT2D eigenvalue weighted by Crippen LogP contribution is 2.26. The minimum atomic E-state index is -4.64. The van der Waals surface area contributed by atoms with E-state index in [1.165, 1.54) is 193 Å². The number of phosphoric acid groups is 1. The second-order valence-electron chi connectivity index (χ2n) is 19.5. The summed E-state index contributed by atoms with van der Waals surface area (Å²) in [5, 5.41) is 58.1. The van der Waals surface area contributed by atoms with E-state index in [1.54, 1.807) is 0 Å². The maximum atomic E-state index is 8.88. The zero-order valence-electron chi connectivity index (χ0n) is 46.2. The Morgan fingerprint density at radius 3 is 0.773 bits per heavy atom. The summed E-state index contributed by atoms with van der Waals surface area (Å²) in [5.74, 6) is 0.862. The third-order valence-corrected chi connectivity index (χ3v) is 12.7. The molecule has 0 aliphatic heterocycles. The second-order valence-corrected chi connectivity index (χ2v) is 20.6. The molecule has 2 fully saturated rings. The first kappa shape index (κ1) is 73.5. The average Bonchev–Trinajstić information content (AvgIpc) is 3.40. The fraction of sp³-hybridized carbons (Fsp3) is 0.923. The number of hydrogen-bond donors (Lipinski definition) is 3. The summed E-state index contributed by atoms with van der Waals surface area (Å²) >= 11 is 0. The fourth-order valence-electron chi connectivity index (χ4n) is 8.53. The van der Waals surface area contributed by atoms with Gasteiger partial charge in [0.05, 0.1) is 12.2 Å². The highest BCUT2D eigenvalue weighted by molar-refractivity contribution is 7.45. The minimum Gasteiger partial charge on any atom is -0.311 e. The van der Waals surface area contributed by atoms with Crippen molar-refractivity contribution in [3.8, 4) is 0 Å². The Morgan fingerprint density at radius 2 is 0.533 bits per heavy atom. The molecule has 448 valence electrons. The standard InChI is InChI=1S/2C26H50O9.H3O4P/c2*1-3-4-5-6-7-8-9-10-11-12-13-14-15-16-17-19-22-25(2)27-29-31-33-35-34-32-30-28-26-23-20-18-21-24-26;1-5(2,3)4/h2*26H,2-24H2,1H3;(H3,1,2,3,4). The number of hydrogen-bond acceptors (Lipinski definition) is 19. The van der Waals surface area contributed by atoms with E-state index in [0.29, 0.717) is 24.4 Å². The van der Waals surface area contributed by atoms with E-state index in [0.717, 1.165) is 77.0 Å². The van der Waals surface area contributed by atoms with Crippen molar-refractivity contribution in [2.24, 2.45) is 0 Å². The van der Waals surface area contributed by atoms with E-state index in [4.69, 9.17) is 38.8 Å². The summed E-state index contributed by atoms with van der Waals surface area (Å²) in [7, 11) is -4.64. The van der Waals surface area contributed by atoms with Gasteiger partial charge in [-0.1, -0.05) is 258 Å². The number of unbranched alkanes of at least 4 members (excludes halogenated alkanes) is 30.